The molecule has 0 bridgehead atoms. The number of nitrogens with zero attached hydrogens (tertiary/aromatic N) is 3. The molecule has 0 radical (unpaired) electrons. The summed E-state index contributed by atoms with van der Waals surface area (Å²) in [7, 11) is 0. The molecule has 0 aliphatic rings. The van der Waals surface area contributed by atoms with Gasteiger partial charge in [0.2, 0.25) is 0 Å². The Bertz CT molecular complexity index is 309. The van der Waals surface area contributed by atoms with Gasteiger partial charge >= 0.3 is 0 Å². The van der Waals surface area contributed by atoms with Gasteiger partial charge in [-0.1, -0.05) is 34.6 Å². The van der Waals surface area contributed by atoms with E-state index in [4.69, 9.17) is 0 Å². The minimum atomic E-state index is 0.342. The Morgan fingerprint density at radius 1 is 1.38 bits per heavy atom. The third-order valence-corrected chi connectivity index (χ3v) is 2.44. The molecule has 0 fully saturated rings. The van der Waals surface area contributed by atoms with Gasteiger partial charge in [0.1, 0.15) is 12.2 Å². The molecule has 0 unspecified atom stereocenters. The Labute approximate surface area is 98.5 Å². The summed E-state index contributed by atoms with van der Waals surface area (Å²) in [4.78, 5) is 4.28. The molecule has 4 heteroatoms. The van der Waals surface area contributed by atoms with Crippen LogP contribution in [0.1, 0.15) is 46.9 Å². The van der Waals surface area contributed by atoms with Crippen LogP contribution in [0, 0.1) is 5.41 Å². The molecular formula is C12H24N4. The molecular weight excluding hydrogens is 200 g/mol. The molecule has 0 saturated heterocycles. The van der Waals surface area contributed by atoms with Crippen molar-refractivity contribution in [2.24, 2.45) is 5.41 Å². The highest BCUT2D eigenvalue weighted by atomic mass is 15.3. The second-order valence-corrected chi connectivity index (χ2v) is 5.75. The lowest BCUT2D eigenvalue weighted by molar-refractivity contribution is 0.335. The van der Waals surface area contributed by atoms with Gasteiger partial charge in [-0.15, -0.1) is 0 Å². The number of aromatic nitrogens is 3. The molecule has 1 rings (SSSR count). The van der Waals surface area contributed by atoms with Gasteiger partial charge in [0.15, 0.2) is 0 Å². The predicted molar refractivity (Wildman–Crippen MR) is 66.1 cm³/mol. The SMILES string of the molecule is CC(C)NCc1ncnn1CCC(C)(C)C. The van der Waals surface area contributed by atoms with Crippen LogP contribution in [0.5, 0.6) is 0 Å². The van der Waals surface area contributed by atoms with E-state index < -0.39 is 0 Å². The van der Waals surface area contributed by atoms with E-state index in [0.29, 0.717) is 11.5 Å². The second kappa shape index (κ2) is 5.43. The summed E-state index contributed by atoms with van der Waals surface area (Å²) < 4.78 is 2.00. The topological polar surface area (TPSA) is 42.7 Å². The first kappa shape index (κ1) is 13.2. The third-order valence-electron chi connectivity index (χ3n) is 2.44. The first-order valence-corrected chi connectivity index (χ1v) is 5.98. The first-order valence-electron chi connectivity index (χ1n) is 5.98. The van der Waals surface area contributed by atoms with Gasteiger partial charge in [-0.3, -0.25) is 0 Å². The number of nitrogens with one attached hydrogen (secondary N) is 1. The first-order chi connectivity index (χ1) is 7.38. The second-order valence-electron chi connectivity index (χ2n) is 5.75. The number of hydrogen-bond donors (Lipinski definition) is 1. The highest BCUT2D eigenvalue weighted by Gasteiger charge is 2.12. The molecule has 4 nitrogen and oxygen atoms in total. The van der Waals surface area contributed by atoms with Crippen molar-refractivity contribution in [3.63, 3.8) is 0 Å². The van der Waals surface area contributed by atoms with E-state index in [1.807, 2.05) is 4.68 Å². The van der Waals surface area contributed by atoms with E-state index in [-0.39, 0.29) is 0 Å². The van der Waals surface area contributed by atoms with E-state index in [1.54, 1.807) is 6.33 Å². The summed E-state index contributed by atoms with van der Waals surface area (Å²) in [5.41, 5.74) is 0.342. The minimum Gasteiger partial charge on any atom is -0.308 e. The highest BCUT2D eigenvalue weighted by molar-refractivity contribution is 4.84. The van der Waals surface area contributed by atoms with Crippen molar-refractivity contribution in [2.75, 3.05) is 0 Å². The number of aryl methyl sites for hydroxylation is 1. The maximum absolute atomic E-state index is 4.28. The lowest BCUT2D eigenvalue weighted by Gasteiger charge is -2.18. The minimum absolute atomic E-state index is 0.342. The lowest BCUT2D eigenvalue weighted by atomic mass is 9.92. The largest absolute Gasteiger partial charge is 0.308 e. The normalized spacial score (nSPS) is 12.4. The maximum atomic E-state index is 4.28. The van der Waals surface area contributed by atoms with Crippen LogP contribution in [0.2, 0.25) is 0 Å². The van der Waals surface area contributed by atoms with Crippen LogP contribution in [0.25, 0.3) is 0 Å². The Kier molecular flexibility index (Phi) is 4.47. The monoisotopic (exact) mass is 224 g/mol. The predicted octanol–water partition coefficient (Wildman–Crippen LogP) is 2.21. The smallest absolute Gasteiger partial charge is 0.140 e. The van der Waals surface area contributed by atoms with E-state index in [1.165, 1.54) is 0 Å². The summed E-state index contributed by atoms with van der Waals surface area (Å²) in [5, 5.41) is 7.62. The zero-order valence-corrected chi connectivity index (χ0v) is 11.1. The van der Waals surface area contributed by atoms with Crippen molar-refractivity contribution in [1.82, 2.24) is 20.1 Å². The van der Waals surface area contributed by atoms with Gasteiger partial charge in [0.25, 0.3) is 0 Å². The summed E-state index contributed by atoms with van der Waals surface area (Å²) in [5.74, 6) is 1.03. The number of hydrogen-bond acceptors (Lipinski definition) is 3. The van der Waals surface area contributed by atoms with E-state index >= 15 is 0 Å². The van der Waals surface area contributed by atoms with Crippen LogP contribution in [0.15, 0.2) is 6.33 Å². The Morgan fingerprint density at radius 3 is 2.62 bits per heavy atom. The summed E-state index contributed by atoms with van der Waals surface area (Å²) in [6.07, 6.45) is 2.75. The molecule has 0 saturated carbocycles. The van der Waals surface area contributed by atoms with Crippen LogP contribution in [-0.4, -0.2) is 20.8 Å². The van der Waals surface area contributed by atoms with Crippen molar-refractivity contribution in [3.8, 4) is 0 Å². The van der Waals surface area contributed by atoms with E-state index in [2.05, 4.69) is 50.0 Å². The molecule has 16 heavy (non-hydrogen) atoms. The van der Waals surface area contributed by atoms with E-state index in [0.717, 1.165) is 25.3 Å². The summed E-state index contributed by atoms with van der Waals surface area (Å²) in [6.45, 7) is 12.7. The molecule has 1 heterocycles. The molecule has 0 aliphatic heterocycles. The lowest BCUT2D eigenvalue weighted by Crippen LogP contribution is -2.24. The molecule has 0 aliphatic carbocycles. The third kappa shape index (κ3) is 4.75. The average Bonchev–Trinajstić information content (AvgIpc) is 2.57. The number of rotatable bonds is 5. The zero-order chi connectivity index (χ0) is 12.2. The zero-order valence-electron chi connectivity index (χ0n) is 11.1. The van der Waals surface area contributed by atoms with Gasteiger partial charge in [-0.05, 0) is 11.8 Å². The van der Waals surface area contributed by atoms with Gasteiger partial charge in [0, 0.05) is 12.6 Å². The quantitative estimate of drug-likeness (QED) is 0.834. The van der Waals surface area contributed by atoms with Crippen LogP contribution in [0.3, 0.4) is 0 Å². The molecule has 92 valence electrons. The van der Waals surface area contributed by atoms with Gasteiger partial charge < -0.3 is 5.32 Å². The summed E-state index contributed by atoms with van der Waals surface area (Å²) in [6, 6.07) is 0.479. The van der Waals surface area contributed by atoms with Crippen molar-refractivity contribution in [3.05, 3.63) is 12.2 Å². The summed E-state index contributed by atoms with van der Waals surface area (Å²) >= 11 is 0. The molecule has 0 spiro atoms. The van der Waals surface area contributed by atoms with Crippen LogP contribution < -0.4 is 5.32 Å². The molecule has 0 aromatic carbocycles. The van der Waals surface area contributed by atoms with Crippen LogP contribution in [0.4, 0.5) is 0 Å². The fraction of sp³-hybridized carbons (Fsp3) is 0.833. The maximum Gasteiger partial charge on any atom is 0.140 e. The van der Waals surface area contributed by atoms with Crippen LogP contribution >= 0.6 is 0 Å². The van der Waals surface area contributed by atoms with E-state index in [9.17, 15) is 0 Å². The standard InChI is InChI=1S/C12H24N4/c1-10(2)13-8-11-14-9-15-16(11)7-6-12(3,4)5/h9-10,13H,6-8H2,1-5H3. The van der Waals surface area contributed by atoms with Crippen molar-refractivity contribution >= 4 is 0 Å². The fourth-order valence-corrected chi connectivity index (χ4v) is 1.35. The van der Waals surface area contributed by atoms with Gasteiger partial charge in [-0.2, -0.15) is 5.10 Å². The fourth-order valence-electron chi connectivity index (χ4n) is 1.35. The van der Waals surface area contributed by atoms with Gasteiger partial charge in [0.05, 0.1) is 6.54 Å². The van der Waals surface area contributed by atoms with Crippen molar-refractivity contribution in [1.29, 1.82) is 0 Å². The van der Waals surface area contributed by atoms with Crippen molar-refractivity contribution in [2.45, 2.75) is 60.2 Å². The average molecular weight is 224 g/mol. The molecule has 1 aromatic heterocycles. The van der Waals surface area contributed by atoms with Gasteiger partial charge in [-0.25, -0.2) is 9.67 Å². The van der Waals surface area contributed by atoms with Crippen molar-refractivity contribution < 1.29 is 0 Å². The van der Waals surface area contributed by atoms with Crippen LogP contribution in [-0.2, 0) is 13.1 Å². The molecule has 1 N–H and O–H groups in total. The Morgan fingerprint density at radius 2 is 2.06 bits per heavy atom. The Hall–Kier alpha value is -0.900. The molecule has 1 aromatic rings. The highest BCUT2D eigenvalue weighted by Crippen LogP contribution is 2.19. The molecule has 0 amide bonds. The Balaban J connectivity index is 2.50. The molecule has 0 atom stereocenters.